The third kappa shape index (κ3) is 6.43. The zero-order valence-electron chi connectivity index (χ0n) is 20.9. The highest BCUT2D eigenvalue weighted by Crippen LogP contribution is 2.39. The number of aromatic nitrogens is 1. The minimum atomic E-state index is -0.345. The van der Waals surface area contributed by atoms with Crippen LogP contribution in [-0.2, 0) is 29.0 Å². The highest BCUT2D eigenvalue weighted by atomic mass is 32.2. The molecule has 11 heteroatoms. The second kappa shape index (κ2) is 12.2. The Labute approximate surface area is 238 Å². The summed E-state index contributed by atoms with van der Waals surface area (Å²) in [5.41, 5.74) is 3.17. The topological polar surface area (TPSA) is 91.4 Å². The zero-order chi connectivity index (χ0) is 27.4. The van der Waals surface area contributed by atoms with E-state index in [-0.39, 0.29) is 30.0 Å². The minimum absolute atomic E-state index is 0.174. The van der Waals surface area contributed by atoms with E-state index < -0.39 is 0 Å². The number of fused-ring (bicyclic) bond motifs is 1. The summed E-state index contributed by atoms with van der Waals surface area (Å²) in [7, 11) is 0. The molecule has 2 aromatic heterocycles. The average Bonchev–Trinajstić information content (AvgIpc) is 3.58. The molecule has 1 saturated heterocycles. The molecule has 200 valence electrons. The molecule has 0 spiro atoms. The molecule has 7 nitrogen and oxygen atoms in total. The van der Waals surface area contributed by atoms with Gasteiger partial charge in [0.2, 0.25) is 5.91 Å². The quantitative estimate of drug-likeness (QED) is 0.263. The van der Waals surface area contributed by atoms with Crippen LogP contribution < -0.4 is 10.6 Å². The van der Waals surface area contributed by atoms with Crippen LogP contribution in [0.4, 0.5) is 9.39 Å². The number of thiocarbonyl (C=S) groups is 1. The Bertz CT molecular complexity index is 1450. The fraction of sp³-hybridized carbons (Fsp3) is 0.250. The Morgan fingerprint density at radius 2 is 2.00 bits per heavy atom. The number of thiophene rings is 1. The van der Waals surface area contributed by atoms with Gasteiger partial charge >= 0.3 is 0 Å². The van der Waals surface area contributed by atoms with Gasteiger partial charge in [-0.2, -0.15) is 0 Å². The lowest BCUT2D eigenvalue weighted by atomic mass is 10.1. The number of nitrogens with zero attached hydrogens (tertiary/aromatic N) is 2. The van der Waals surface area contributed by atoms with E-state index in [1.807, 2.05) is 12.1 Å². The van der Waals surface area contributed by atoms with Crippen molar-refractivity contribution in [3.05, 3.63) is 86.6 Å². The van der Waals surface area contributed by atoms with Crippen molar-refractivity contribution in [3.8, 4) is 0 Å². The van der Waals surface area contributed by atoms with E-state index >= 15 is 0 Å². The van der Waals surface area contributed by atoms with E-state index in [9.17, 15) is 18.8 Å². The molecule has 0 bridgehead atoms. The normalized spacial score (nSPS) is 15.6. The Kier molecular flexibility index (Phi) is 8.49. The van der Waals surface area contributed by atoms with Gasteiger partial charge in [0.25, 0.3) is 11.8 Å². The summed E-state index contributed by atoms with van der Waals surface area (Å²) in [6, 6.07) is 9.58. The average molecular weight is 581 g/mol. The largest absolute Gasteiger partial charge is 0.348 e. The standard InChI is InChI=1S/C28H25FN4O3S3/c29-19-10-8-17(9-11-19)14-22-27(36)33(28(37)39-22)13-3-7-23(34)32-26-24(20-5-1-6-21(20)38-26)25(35)31-16-18-4-2-12-30-15-18/h2,4,8-12,14-15H,1,3,5-7,13,16H2,(H,31,35)(H,32,34)/b22-14-. The summed E-state index contributed by atoms with van der Waals surface area (Å²) < 4.78 is 13.6. The van der Waals surface area contributed by atoms with Crippen LogP contribution in [0.15, 0.2) is 53.7 Å². The van der Waals surface area contributed by atoms with Gasteiger partial charge in [-0.3, -0.25) is 24.3 Å². The van der Waals surface area contributed by atoms with E-state index in [0.29, 0.717) is 44.9 Å². The lowest BCUT2D eigenvalue weighted by molar-refractivity contribution is -0.122. The predicted octanol–water partition coefficient (Wildman–Crippen LogP) is 5.32. The molecule has 1 fully saturated rings. The fourth-order valence-corrected chi connectivity index (χ4v) is 7.11. The molecule has 1 aliphatic heterocycles. The highest BCUT2D eigenvalue weighted by Gasteiger charge is 2.32. The number of amides is 3. The molecule has 0 radical (unpaired) electrons. The zero-order valence-corrected chi connectivity index (χ0v) is 23.3. The Morgan fingerprint density at radius 1 is 1.18 bits per heavy atom. The maximum Gasteiger partial charge on any atom is 0.266 e. The van der Waals surface area contributed by atoms with Crippen LogP contribution in [0.25, 0.3) is 6.08 Å². The monoisotopic (exact) mass is 580 g/mol. The van der Waals surface area contributed by atoms with E-state index in [1.165, 1.54) is 40.1 Å². The molecule has 2 N–H and O–H groups in total. The molecule has 5 rings (SSSR count). The van der Waals surface area contributed by atoms with Crippen LogP contribution in [0.2, 0.25) is 0 Å². The number of anilines is 1. The molecule has 1 aromatic carbocycles. The number of carbonyl (C=O) groups excluding carboxylic acids is 3. The van der Waals surface area contributed by atoms with E-state index in [1.54, 1.807) is 30.6 Å². The first-order valence-corrected chi connectivity index (χ1v) is 14.6. The van der Waals surface area contributed by atoms with E-state index in [2.05, 4.69) is 15.6 Å². The summed E-state index contributed by atoms with van der Waals surface area (Å²) in [5, 5.41) is 6.46. The van der Waals surface area contributed by atoms with Gasteiger partial charge in [0, 0.05) is 36.8 Å². The lowest BCUT2D eigenvalue weighted by Crippen LogP contribution is -2.29. The van der Waals surface area contributed by atoms with Gasteiger partial charge in [-0.1, -0.05) is 42.2 Å². The van der Waals surface area contributed by atoms with Gasteiger partial charge in [0.05, 0.1) is 10.5 Å². The Morgan fingerprint density at radius 3 is 2.77 bits per heavy atom. The molecular formula is C28H25FN4O3S3. The molecule has 3 heterocycles. The van der Waals surface area contributed by atoms with Crippen molar-refractivity contribution in [1.29, 1.82) is 0 Å². The first-order valence-electron chi connectivity index (χ1n) is 12.5. The predicted molar refractivity (Wildman–Crippen MR) is 156 cm³/mol. The summed E-state index contributed by atoms with van der Waals surface area (Å²) in [5.74, 6) is -0.998. The van der Waals surface area contributed by atoms with Gasteiger partial charge < -0.3 is 10.6 Å². The second-order valence-electron chi connectivity index (χ2n) is 9.14. The number of hydrogen-bond donors (Lipinski definition) is 2. The van der Waals surface area contributed by atoms with E-state index in [4.69, 9.17) is 12.2 Å². The van der Waals surface area contributed by atoms with Gasteiger partial charge in [-0.25, -0.2) is 4.39 Å². The SMILES string of the molecule is O=C(CCCN1C(=O)/C(=C/c2ccc(F)cc2)SC1=S)Nc1sc2c(c1C(=O)NCc1cccnc1)CCC2. The maximum atomic E-state index is 13.2. The first-order chi connectivity index (χ1) is 18.9. The molecule has 1 aliphatic carbocycles. The number of hydrogen-bond acceptors (Lipinski definition) is 7. The summed E-state index contributed by atoms with van der Waals surface area (Å²) >= 11 is 8.03. The van der Waals surface area contributed by atoms with Gasteiger partial charge in [-0.15, -0.1) is 11.3 Å². The van der Waals surface area contributed by atoms with Crippen molar-refractivity contribution in [2.24, 2.45) is 0 Å². The molecule has 3 aromatic rings. The van der Waals surface area contributed by atoms with Crippen LogP contribution in [0.3, 0.4) is 0 Å². The molecule has 39 heavy (non-hydrogen) atoms. The molecule has 3 amide bonds. The number of halogens is 1. The van der Waals surface area contributed by atoms with Crippen molar-refractivity contribution >= 4 is 68.4 Å². The van der Waals surface area contributed by atoms with Crippen LogP contribution >= 0.6 is 35.3 Å². The fourth-order valence-electron chi connectivity index (χ4n) is 4.50. The van der Waals surface area contributed by atoms with Crippen molar-refractivity contribution in [2.75, 3.05) is 11.9 Å². The number of thioether (sulfide) groups is 1. The highest BCUT2D eigenvalue weighted by molar-refractivity contribution is 8.26. The molecule has 0 unspecified atom stereocenters. The summed E-state index contributed by atoms with van der Waals surface area (Å²) in [6.07, 6.45) is 8.37. The van der Waals surface area contributed by atoms with Crippen molar-refractivity contribution in [2.45, 2.75) is 38.6 Å². The number of benzene rings is 1. The van der Waals surface area contributed by atoms with Crippen molar-refractivity contribution in [1.82, 2.24) is 15.2 Å². The Hall–Kier alpha value is -3.41. The number of aryl methyl sites for hydroxylation is 1. The van der Waals surface area contributed by atoms with E-state index in [0.717, 1.165) is 35.3 Å². The third-order valence-corrected chi connectivity index (χ3v) is 8.99. The number of nitrogens with one attached hydrogen (secondary N) is 2. The third-order valence-electron chi connectivity index (χ3n) is 6.40. The summed E-state index contributed by atoms with van der Waals surface area (Å²) in [6.45, 7) is 0.655. The van der Waals surface area contributed by atoms with Gasteiger partial charge in [0.1, 0.15) is 15.1 Å². The van der Waals surface area contributed by atoms with Crippen LogP contribution in [0, 0.1) is 5.82 Å². The van der Waals surface area contributed by atoms with Crippen molar-refractivity contribution < 1.29 is 18.8 Å². The number of rotatable bonds is 9. The molecular weight excluding hydrogens is 556 g/mol. The van der Waals surface area contributed by atoms with Gasteiger partial charge in [0.15, 0.2) is 0 Å². The first kappa shape index (κ1) is 27.2. The molecule has 0 saturated carbocycles. The van der Waals surface area contributed by atoms with Crippen molar-refractivity contribution in [3.63, 3.8) is 0 Å². The lowest BCUT2D eigenvalue weighted by Gasteiger charge is -2.14. The molecule has 2 aliphatic rings. The minimum Gasteiger partial charge on any atom is -0.348 e. The van der Waals surface area contributed by atoms with Crippen LogP contribution in [0.1, 0.15) is 51.2 Å². The smallest absolute Gasteiger partial charge is 0.266 e. The maximum absolute atomic E-state index is 13.2. The number of pyridine rings is 1. The summed E-state index contributed by atoms with van der Waals surface area (Å²) in [4.78, 5) is 46.0. The Balaban J connectivity index is 1.17. The number of carbonyl (C=O) groups is 3. The van der Waals surface area contributed by atoms with Gasteiger partial charge in [-0.05, 0) is 66.6 Å². The molecule has 0 atom stereocenters. The van der Waals surface area contributed by atoms with Crippen LogP contribution in [-0.4, -0.2) is 38.5 Å². The van der Waals surface area contributed by atoms with Crippen LogP contribution in [0.5, 0.6) is 0 Å². The second-order valence-corrected chi connectivity index (χ2v) is 11.9.